The van der Waals surface area contributed by atoms with E-state index in [9.17, 15) is 4.79 Å². The number of carbonyl (C=O) groups is 1. The average Bonchev–Trinajstić information content (AvgIpc) is 2.94. The highest BCUT2D eigenvalue weighted by atomic mass is 79.9. The van der Waals surface area contributed by atoms with E-state index in [1.54, 1.807) is 18.4 Å². The van der Waals surface area contributed by atoms with Crippen molar-refractivity contribution in [3.8, 4) is 5.75 Å². The molecular weight excluding hydrogens is 402 g/mol. The smallest absolute Gasteiger partial charge is 0.288 e. The number of anilines is 1. The number of piperazine rings is 1. The van der Waals surface area contributed by atoms with Crippen LogP contribution in [0.5, 0.6) is 5.75 Å². The minimum absolute atomic E-state index is 0. The lowest BCUT2D eigenvalue weighted by atomic mass is 10.2. The SMILES string of the molecule is COc1ccccc1N1CCN(C(=O)C[n+]2csc(C)c2C)CC1.[Br-]. The molecule has 1 saturated heterocycles. The quantitative estimate of drug-likeness (QED) is 0.590. The highest BCUT2D eigenvalue weighted by Crippen LogP contribution is 2.28. The zero-order valence-electron chi connectivity index (χ0n) is 14.9. The van der Waals surface area contributed by atoms with Crippen molar-refractivity contribution in [1.82, 2.24) is 4.90 Å². The summed E-state index contributed by atoms with van der Waals surface area (Å²) < 4.78 is 7.49. The van der Waals surface area contributed by atoms with E-state index < -0.39 is 0 Å². The van der Waals surface area contributed by atoms with Crippen LogP contribution in [0.15, 0.2) is 29.8 Å². The minimum atomic E-state index is 0. The average molecular weight is 426 g/mol. The first-order valence-electron chi connectivity index (χ1n) is 8.20. The molecule has 7 heteroatoms. The summed E-state index contributed by atoms with van der Waals surface area (Å²) in [5.74, 6) is 1.08. The van der Waals surface area contributed by atoms with Crippen LogP contribution in [0, 0.1) is 13.8 Å². The standard InChI is InChI=1S/C18H24N3O2S.BrH/c1-14-15(2)24-13-21(14)12-18(22)20-10-8-19(9-11-20)16-6-4-5-7-17(16)23-3;/h4-7,13H,8-12H2,1-3H3;1H/q+1;/p-1. The monoisotopic (exact) mass is 425 g/mol. The molecule has 0 saturated carbocycles. The van der Waals surface area contributed by atoms with Crippen LogP contribution in [-0.4, -0.2) is 44.1 Å². The van der Waals surface area contributed by atoms with Crippen LogP contribution >= 0.6 is 11.3 Å². The maximum atomic E-state index is 12.6. The number of methoxy groups -OCH3 is 1. The van der Waals surface area contributed by atoms with Gasteiger partial charge in [0, 0.05) is 33.1 Å². The van der Waals surface area contributed by atoms with Crippen molar-refractivity contribution in [3.63, 3.8) is 0 Å². The van der Waals surface area contributed by atoms with Crippen LogP contribution < -0.4 is 31.2 Å². The summed E-state index contributed by atoms with van der Waals surface area (Å²) in [5, 5.41) is 0. The maximum Gasteiger partial charge on any atom is 0.288 e. The number of thiazole rings is 1. The van der Waals surface area contributed by atoms with Crippen molar-refractivity contribution in [2.45, 2.75) is 20.4 Å². The predicted molar refractivity (Wildman–Crippen MR) is 95.8 cm³/mol. The van der Waals surface area contributed by atoms with Crippen molar-refractivity contribution in [2.24, 2.45) is 0 Å². The van der Waals surface area contributed by atoms with Gasteiger partial charge < -0.3 is 31.5 Å². The largest absolute Gasteiger partial charge is 1.00 e. The molecule has 2 heterocycles. The number of rotatable bonds is 4. The summed E-state index contributed by atoms with van der Waals surface area (Å²) in [5.41, 5.74) is 4.32. The van der Waals surface area contributed by atoms with Gasteiger partial charge in [-0.1, -0.05) is 23.5 Å². The lowest BCUT2D eigenvalue weighted by molar-refractivity contribution is -0.686. The first-order valence-corrected chi connectivity index (χ1v) is 9.08. The summed E-state index contributed by atoms with van der Waals surface area (Å²) in [4.78, 5) is 18.1. The normalized spacial score (nSPS) is 14.2. The third-order valence-corrected chi connectivity index (χ3v) is 5.67. The molecule has 0 unspecified atom stereocenters. The van der Waals surface area contributed by atoms with Crippen molar-refractivity contribution in [2.75, 3.05) is 38.2 Å². The highest BCUT2D eigenvalue weighted by molar-refractivity contribution is 7.09. The van der Waals surface area contributed by atoms with Crippen LogP contribution in [-0.2, 0) is 11.3 Å². The van der Waals surface area contributed by atoms with E-state index in [0.29, 0.717) is 6.54 Å². The lowest BCUT2D eigenvalue weighted by Crippen LogP contribution is -3.00. The molecule has 1 amide bonds. The fourth-order valence-corrected chi connectivity index (χ4v) is 3.80. The van der Waals surface area contributed by atoms with Gasteiger partial charge in [-0.3, -0.25) is 4.79 Å². The number of hydrogen-bond acceptors (Lipinski definition) is 4. The molecule has 1 aliphatic rings. The number of ether oxygens (including phenoxy) is 1. The third kappa shape index (κ3) is 4.33. The van der Waals surface area contributed by atoms with Crippen molar-refractivity contribution < 1.29 is 31.1 Å². The summed E-state index contributed by atoms with van der Waals surface area (Å²) in [7, 11) is 1.70. The van der Waals surface area contributed by atoms with Crippen molar-refractivity contribution >= 4 is 22.9 Å². The van der Waals surface area contributed by atoms with E-state index in [2.05, 4.69) is 29.4 Å². The number of halogens is 1. The first-order chi connectivity index (χ1) is 11.6. The molecule has 5 nitrogen and oxygen atoms in total. The summed E-state index contributed by atoms with van der Waals surface area (Å²) >= 11 is 1.69. The van der Waals surface area contributed by atoms with Gasteiger partial charge in [0.2, 0.25) is 12.1 Å². The molecule has 0 spiro atoms. The molecule has 0 bridgehead atoms. The molecule has 0 aliphatic carbocycles. The molecule has 1 aromatic heterocycles. The number of aryl methyl sites for hydroxylation is 1. The number of carbonyl (C=O) groups excluding carboxylic acids is 1. The van der Waals surface area contributed by atoms with Gasteiger partial charge in [0.15, 0.2) is 5.69 Å². The molecule has 0 atom stereocenters. The second-order valence-corrected chi connectivity index (χ2v) is 7.09. The Hall–Kier alpha value is -1.60. The second-order valence-electron chi connectivity index (χ2n) is 6.03. The summed E-state index contributed by atoms with van der Waals surface area (Å²) in [6, 6.07) is 8.05. The summed E-state index contributed by atoms with van der Waals surface area (Å²) in [6.07, 6.45) is 0. The minimum Gasteiger partial charge on any atom is -1.00 e. The molecule has 1 aliphatic heterocycles. The number of hydrogen-bond donors (Lipinski definition) is 0. The Morgan fingerprint density at radius 3 is 2.48 bits per heavy atom. The molecule has 2 aromatic rings. The number of benzene rings is 1. The van der Waals surface area contributed by atoms with Crippen molar-refractivity contribution in [1.29, 1.82) is 0 Å². The highest BCUT2D eigenvalue weighted by Gasteiger charge is 2.26. The van der Waals surface area contributed by atoms with Crippen LogP contribution in [0.25, 0.3) is 0 Å². The summed E-state index contributed by atoms with van der Waals surface area (Å²) in [6.45, 7) is 7.76. The number of nitrogens with zero attached hydrogens (tertiary/aromatic N) is 3. The molecule has 136 valence electrons. The Morgan fingerprint density at radius 1 is 1.20 bits per heavy atom. The molecule has 0 N–H and O–H groups in total. The Morgan fingerprint density at radius 2 is 1.88 bits per heavy atom. The molecule has 0 radical (unpaired) electrons. The van der Waals surface area contributed by atoms with Gasteiger partial charge in [0.25, 0.3) is 5.91 Å². The van der Waals surface area contributed by atoms with Crippen LogP contribution in [0.4, 0.5) is 5.69 Å². The third-order valence-electron chi connectivity index (χ3n) is 4.66. The van der Waals surface area contributed by atoms with Gasteiger partial charge in [-0.25, -0.2) is 0 Å². The van der Waals surface area contributed by atoms with Crippen LogP contribution in [0.3, 0.4) is 0 Å². The second kappa shape index (κ2) is 8.67. The topological polar surface area (TPSA) is 36.7 Å². The van der Waals surface area contributed by atoms with Crippen molar-refractivity contribution in [3.05, 3.63) is 40.3 Å². The van der Waals surface area contributed by atoms with E-state index >= 15 is 0 Å². The molecule has 3 rings (SSSR count). The molecule has 1 aromatic carbocycles. The number of para-hydroxylation sites is 2. The van der Waals surface area contributed by atoms with Crippen LogP contribution in [0.1, 0.15) is 10.6 Å². The fraction of sp³-hybridized carbons (Fsp3) is 0.444. The van der Waals surface area contributed by atoms with E-state index in [0.717, 1.165) is 37.6 Å². The number of aromatic nitrogens is 1. The zero-order chi connectivity index (χ0) is 17.1. The molecular formula is C18H24BrN3O2S. The predicted octanol–water partition coefficient (Wildman–Crippen LogP) is -0.986. The Kier molecular flexibility index (Phi) is 6.84. The zero-order valence-corrected chi connectivity index (χ0v) is 17.3. The van der Waals surface area contributed by atoms with Gasteiger partial charge in [-0.2, -0.15) is 4.57 Å². The Bertz CT molecular complexity index is 727. The van der Waals surface area contributed by atoms with E-state index in [1.807, 2.05) is 28.6 Å². The van der Waals surface area contributed by atoms with E-state index in [-0.39, 0.29) is 22.9 Å². The maximum absolute atomic E-state index is 12.6. The van der Waals surface area contributed by atoms with Crippen LogP contribution in [0.2, 0.25) is 0 Å². The van der Waals surface area contributed by atoms with Gasteiger partial charge >= 0.3 is 0 Å². The van der Waals surface area contributed by atoms with Gasteiger partial charge in [0.1, 0.15) is 5.75 Å². The number of amides is 1. The fourth-order valence-electron chi connectivity index (χ4n) is 3.00. The molecule has 25 heavy (non-hydrogen) atoms. The molecule has 1 fully saturated rings. The van der Waals surface area contributed by atoms with Gasteiger partial charge in [-0.05, 0) is 19.1 Å². The van der Waals surface area contributed by atoms with E-state index in [4.69, 9.17) is 4.74 Å². The Labute approximate surface area is 163 Å². The first kappa shape index (κ1) is 19.7. The van der Waals surface area contributed by atoms with Gasteiger partial charge in [0.05, 0.1) is 17.7 Å². The van der Waals surface area contributed by atoms with E-state index in [1.165, 1.54) is 10.6 Å². The lowest BCUT2D eigenvalue weighted by Gasteiger charge is -2.36. The van der Waals surface area contributed by atoms with Gasteiger partial charge in [-0.15, -0.1) is 0 Å². The Balaban J connectivity index is 0.00000225.